The van der Waals surface area contributed by atoms with Crippen LogP contribution < -0.4 is 9.47 Å². The van der Waals surface area contributed by atoms with Crippen molar-refractivity contribution in [1.29, 1.82) is 0 Å². The van der Waals surface area contributed by atoms with Crippen LogP contribution in [0.25, 0.3) is 0 Å². The molecule has 1 atom stereocenters. The molecule has 0 N–H and O–H groups in total. The number of rotatable bonds is 7. The van der Waals surface area contributed by atoms with E-state index in [9.17, 15) is 4.79 Å². The maximum absolute atomic E-state index is 12.9. The first kappa shape index (κ1) is 18.1. The Bertz CT molecular complexity index is 687. The van der Waals surface area contributed by atoms with Crippen LogP contribution in [0.3, 0.4) is 0 Å². The van der Waals surface area contributed by atoms with Crippen molar-refractivity contribution in [2.45, 2.75) is 33.1 Å². The van der Waals surface area contributed by atoms with Crippen molar-refractivity contribution >= 4 is 5.78 Å². The minimum Gasteiger partial charge on any atom is -0.497 e. The molecule has 1 unspecified atom stereocenters. The highest BCUT2D eigenvalue weighted by atomic mass is 16.5. The minimum absolute atomic E-state index is 0.0473. The summed E-state index contributed by atoms with van der Waals surface area (Å²) in [5.41, 5.74) is 2.90. The van der Waals surface area contributed by atoms with Gasteiger partial charge in [0, 0.05) is 12.0 Å². The number of hydrogen-bond acceptors (Lipinski definition) is 3. The number of carbonyl (C=O) groups excluding carboxylic acids is 1. The summed E-state index contributed by atoms with van der Waals surface area (Å²) < 4.78 is 10.5. The molecule has 24 heavy (non-hydrogen) atoms. The molecule has 0 radical (unpaired) electrons. The van der Waals surface area contributed by atoms with Crippen molar-refractivity contribution in [2.75, 3.05) is 14.2 Å². The maximum Gasteiger partial charge on any atom is 0.173 e. The number of Topliss-reactive ketones (excluding diaryl/α,β-unsaturated/α-hetero) is 1. The van der Waals surface area contributed by atoms with Crippen LogP contribution in [0.4, 0.5) is 0 Å². The zero-order valence-corrected chi connectivity index (χ0v) is 15.1. The summed E-state index contributed by atoms with van der Waals surface area (Å²) in [5.74, 6) is 1.67. The Labute approximate surface area is 144 Å². The van der Waals surface area contributed by atoms with E-state index in [-0.39, 0.29) is 11.7 Å². The summed E-state index contributed by atoms with van der Waals surface area (Å²) in [6, 6.07) is 13.6. The zero-order valence-electron chi connectivity index (χ0n) is 15.1. The maximum atomic E-state index is 12.9. The largest absolute Gasteiger partial charge is 0.497 e. The van der Waals surface area contributed by atoms with E-state index in [0.717, 1.165) is 12.0 Å². The molecule has 0 saturated heterocycles. The Morgan fingerprint density at radius 2 is 1.62 bits per heavy atom. The van der Waals surface area contributed by atoms with Gasteiger partial charge in [0.05, 0.1) is 19.8 Å². The molecule has 0 amide bonds. The number of benzene rings is 2. The predicted molar refractivity (Wildman–Crippen MR) is 97.3 cm³/mol. The first-order chi connectivity index (χ1) is 11.5. The van der Waals surface area contributed by atoms with Gasteiger partial charge in [0.25, 0.3) is 0 Å². The summed E-state index contributed by atoms with van der Waals surface area (Å²) in [5, 5.41) is 0. The summed E-state index contributed by atoms with van der Waals surface area (Å²) in [6.45, 7) is 6.34. The number of methoxy groups -OCH3 is 2. The predicted octanol–water partition coefficient (Wildman–Crippen LogP) is 4.89. The standard InChI is InChI=1S/C21H26O3/c1-14(2)12-16-6-8-17(9-7-16)15(3)21(22)19-11-10-18(23-4)13-20(19)24-5/h6-11,13-15H,12H2,1-5H3. The molecule has 0 heterocycles. The van der Waals surface area contributed by atoms with Gasteiger partial charge in [-0.25, -0.2) is 0 Å². The lowest BCUT2D eigenvalue weighted by Crippen LogP contribution is -2.11. The van der Waals surface area contributed by atoms with Crippen LogP contribution in [-0.2, 0) is 6.42 Å². The molecule has 0 saturated carbocycles. The molecule has 0 spiro atoms. The van der Waals surface area contributed by atoms with Gasteiger partial charge in [-0.05, 0) is 35.6 Å². The fraction of sp³-hybridized carbons (Fsp3) is 0.381. The topological polar surface area (TPSA) is 35.5 Å². The molecule has 3 nitrogen and oxygen atoms in total. The Kier molecular flexibility index (Phi) is 6.02. The van der Waals surface area contributed by atoms with Gasteiger partial charge < -0.3 is 9.47 Å². The van der Waals surface area contributed by atoms with Crippen LogP contribution in [0.2, 0.25) is 0 Å². The molecule has 0 aliphatic heterocycles. The molecule has 0 fully saturated rings. The van der Waals surface area contributed by atoms with Gasteiger partial charge in [-0.2, -0.15) is 0 Å². The molecule has 0 aromatic heterocycles. The van der Waals surface area contributed by atoms with Gasteiger partial charge in [0.15, 0.2) is 5.78 Å². The fourth-order valence-electron chi connectivity index (χ4n) is 2.80. The van der Waals surface area contributed by atoms with E-state index in [1.54, 1.807) is 32.4 Å². The quantitative estimate of drug-likeness (QED) is 0.680. The van der Waals surface area contributed by atoms with E-state index in [4.69, 9.17) is 9.47 Å². The molecular formula is C21H26O3. The Morgan fingerprint density at radius 1 is 0.958 bits per heavy atom. The van der Waals surface area contributed by atoms with Crippen molar-refractivity contribution in [3.63, 3.8) is 0 Å². The third kappa shape index (κ3) is 4.16. The minimum atomic E-state index is -0.222. The van der Waals surface area contributed by atoms with Gasteiger partial charge in [-0.15, -0.1) is 0 Å². The molecular weight excluding hydrogens is 300 g/mol. The summed E-state index contributed by atoms with van der Waals surface area (Å²) in [7, 11) is 3.16. The van der Waals surface area contributed by atoms with E-state index >= 15 is 0 Å². The summed E-state index contributed by atoms with van der Waals surface area (Å²) >= 11 is 0. The third-order valence-electron chi connectivity index (χ3n) is 4.19. The number of ether oxygens (including phenoxy) is 2. The van der Waals surface area contributed by atoms with Crippen molar-refractivity contribution in [3.8, 4) is 11.5 Å². The Hall–Kier alpha value is -2.29. The van der Waals surface area contributed by atoms with E-state index in [1.165, 1.54) is 5.56 Å². The molecule has 0 bridgehead atoms. The lowest BCUT2D eigenvalue weighted by atomic mass is 9.90. The van der Waals surface area contributed by atoms with Gasteiger partial charge in [0.2, 0.25) is 0 Å². The zero-order chi connectivity index (χ0) is 17.7. The van der Waals surface area contributed by atoms with Crippen LogP contribution in [-0.4, -0.2) is 20.0 Å². The second-order valence-corrected chi connectivity index (χ2v) is 6.49. The highest BCUT2D eigenvalue weighted by Crippen LogP contribution is 2.30. The number of carbonyl (C=O) groups is 1. The summed E-state index contributed by atoms with van der Waals surface area (Å²) in [6.07, 6.45) is 1.05. The second-order valence-electron chi connectivity index (χ2n) is 6.49. The second kappa shape index (κ2) is 8.00. The van der Waals surface area contributed by atoms with Crippen LogP contribution >= 0.6 is 0 Å². The van der Waals surface area contributed by atoms with Crippen LogP contribution in [0, 0.1) is 5.92 Å². The van der Waals surface area contributed by atoms with E-state index in [1.807, 2.05) is 6.92 Å². The van der Waals surface area contributed by atoms with E-state index < -0.39 is 0 Å². The van der Waals surface area contributed by atoms with Gasteiger partial charge in [0.1, 0.15) is 11.5 Å². The van der Waals surface area contributed by atoms with Crippen molar-refractivity contribution in [3.05, 3.63) is 59.2 Å². The lowest BCUT2D eigenvalue weighted by molar-refractivity contribution is 0.0963. The number of ketones is 1. The molecule has 2 rings (SSSR count). The SMILES string of the molecule is COc1ccc(C(=O)C(C)c2ccc(CC(C)C)cc2)c(OC)c1. The molecule has 2 aromatic carbocycles. The van der Waals surface area contributed by atoms with Crippen molar-refractivity contribution in [2.24, 2.45) is 5.92 Å². The van der Waals surface area contributed by atoms with Gasteiger partial charge in [-0.3, -0.25) is 4.79 Å². The van der Waals surface area contributed by atoms with Gasteiger partial charge >= 0.3 is 0 Å². The van der Waals surface area contributed by atoms with Crippen LogP contribution in [0.15, 0.2) is 42.5 Å². The highest BCUT2D eigenvalue weighted by molar-refractivity contribution is 6.03. The Balaban J connectivity index is 2.23. The fourth-order valence-corrected chi connectivity index (χ4v) is 2.80. The van der Waals surface area contributed by atoms with Crippen molar-refractivity contribution in [1.82, 2.24) is 0 Å². The van der Waals surface area contributed by atoms with Gasteiger partial charge in [-0.1, -0.05) is 45.0 Å². The first-order valence-electron chi connectivity index (χ1n) is 8.31. The monoisotopic (exact) mass is 326 g/mol. The molecule has 3 heteroatoms. The first-order valence-corrected chi connectivity index (χ1v) is 8.31. The van der Waals surface area contributed by atoms with E-state index in [2.05, 4.69) is 38.1 Å². The molecule has 2 aromatic rings. The van der Waals surface area contributed by atoms with E-state index in [0.29, 0.717) is 23.0 Å². The average Bonchev–Trinajstić information content (AvgIpc) is 2.60. The van der Waals surface area contributed by atoms with Crippen LogP contribution in [0.1, 0.15) is 48.2 Å². The molecule has 0 aliphatic carbocycles. The van der Waals surface area contributed by atoms with Crippen LogP contribution in [0.5, 0.6) is 11.5 Å². The van der Waals surface area contributed by atoms with Crippen molar-refractivity contribution < 1.29 is 14.3 Å². The third-order valence-corrected chi connectivity index (χ3v) is 4.19. The average molecular weight is 326 g/mol. The lowest BCUT2D eigenvalue weighted by Gasteiger charge is -2.15. The normalized spacial score (nSPS) is 12.1. The number of hydrogen-bond donors (Lipinski definition) is 0. The smallest absolute Gasteiger partial charge is 0.173 e. The summed E-state index contributed by atoms with van der Waals surface area (Å²) in [4.78, 5) is 12.9. The molecule has 128 valence electrons. The highest BCUT2D eigenvalue weighted by Gasteiger charge is 2.21. The Morgan fingerprint density at radius 3 is 2.17 bits per heavy atom. The molecule has 0 aliphatic rings.